The zero-order valence-electron chi connectivity index (χ0n) is 17.2. The maximum Gasteiger partial charge on any atom is 0.146 e. The molecule has 0 saturated carbocycles. The largest absolute Gasteiger partial charge is 0.379 e. The van der Waals surface area contributed by atoms with E-state index in [1.807, 2.05) is 6.07 Å². The number of nitrogens with zero attached hydrogens (tertiary/aromatic N) is 3. The van der Waals surface area contributed by atoms with Gasteiger partial charge in [0.2, 0.25) is 0 Å². The summed E-state index contributed by atoms with van der Waals surface area (Å²) in [5.41, 5.74) is 2.25. The first-order valence-corrected chi connectivity index (χ1v) is 12.1. The zero-order valence-corrected chi connectivity index (χ0v) is 18.8. The first kappa shape index (κ1) is 20.2. The molecular weight excluding hydrogens is 419 g/mol. The molecule has 30 heavy (non-hydrogen) atoms. The van der Waals surface area contributed by atoms with Gasteiger partial charge in [-0.05, 0) is 49.6 Å². The smallest absolute Gasteiger partial charge is 0.146 e. The maximum absolute atomic E-state index is 14.0. The molecule has 0 aliphatic carbocycles. The third-order valence-electron chi connectivity index (χ3n) is 5.87. The summed E-state index contributed by atoms with van der Waals surface area (Å²) in [6.07, 6.45) is 0.938. The van der Waals surface area contributed by atoms with Gasteiger partial charge in [0, 0.05) is 28.6 Å². The van der Waals surface area contributed by atoms with E-state index in [1.54, 1.807) is 35.2 Å². The molecule has 1 atom stereocenters. The van der Waals surface area contributed by atoms with Gasteiger partial charge in [0.1, 0.15) is 22.3 Å². The van der Waals surface area contributed by atoms with E-state index < -0.39 is 0 Å². The Bertz CT molecular complexity index is 1080. The van der Waals surface area contributed by atoms with E-state index in [-0.39, 0.29) is 11.9 Å². The molecule has 2 aliphatic rings. The summed E-state index contributed by atoms with van der Waals surface area (Å²) >= 11 is 3.51. The maximum atomic E-state index is 14.0. The number of morpholine rings is 1. The van der Waals surface area contributed by atoms with E-state index in [0.29, 0.717) is 0 Å². The van der Waals surface area contributed by atoms with Crippen LogP contribution in [0.25, 0.3) is 10.2 Å². The molecule has 1 saturated heterocycles. The SMILES string of the molecule is Cc1sc2nc(CN3CCOCC3)nc(N[C@H]3CCSc4ccc(F)cc43)c2c1C. The standard InChI is InChI=1S/C22H25FN4OS2/c1-13-14(2)30-22-20(13)21(25-19(26-22)12-27-6-8-28-9-7-27)24-17-5-10-29-18-4-3-15(23)11-16(17)18/h3-4,11,17H,5-10,12H2,1-2H3,(H,24,25,26)/t17-/m0/s1. The molecule has 0 spiro atoms. The highest BCUT2D eigenvalue weighted by Crippen LogP contribution is 2.40. The number of thioether (sulfide) groups is 1. The fourth-order valence-electron chi connectivity index (χ4n) is 4.11. The fourth-order valence-corrected chi connectivity index (χ4v) is 6.26. The molecule has 5 nitrogen and oxygen atoms in total. The lowest BCUT2D eigenvalue weighted by atomic mass is 10.0. The number of thiophene rings is 1. The van der Waals surface area contributed by atoms with Crippen molar-refractivity contribution >= 4 is 39.1 Å². The highest BCUT2D eigenvalue weighted by Gasteiger charge is 2.24. The van der Waals surface area contributed by atoms with Gasteiger partial charge in [-0.1, -0.05) is 0 Å². The number of aryl methyl sites for hydroxylation is 2. The Morgan fingerprint density at radius 3 is 2.90 bits per heavy atom. The molecular formula is C22H25FN4OS2. The predicted molar refractivity (Wildman–Crippen MR) is 121 cm³/mol. The Kier molecular flexibility index (Phi) is 5.66. The van der Waals surface area contributed by atoms with Crippen LogP contribution in [0.3, 0.4) is 0 Å². The van der Waals surface area contributed by atoms with Gasteiger partial charge in [0.25, 0.3) is 0 Å². The molecule has 4 heterocycles. The summed E-state index contributed by atoms with van der Waals surface area (Å²) in [5.74, 6) is 2.52. The normalized spacial score (nSPS) is 19.8. The molecule has 0 bridgehead atoms. The Hall–Kier alpha value is -1.74. The highest BCUT2D eigenvalue weighted by molar-refractivity contribution is 7.99. The lowest BCUT2D eigenvalue weighted by molar-refractivity contribution is 0.0331. The highest BCUT2D eigenvalue weighted by atomic mass is 32.2. The van der Waals surface area contributed by atoms with Gasteiger partial charge in [-0.15, -0.1) is 23.1 Å². The summed E-state index contributed by atoms with van der Waals surface area (Å²) in [5, 5.41) is 4.77. The van der Waals surface area contributed by atoms with Crippen LogP contribution < -0.4 is 5.32 Å². The van der Waals surface area contributed by atoms with Gasteiger partial charge in [-0.25, -0.2) is 14.4 Å². The van der Waals surface area contributed by atoms with Crippen molar-refractivity contribution in [3.63, 3.8) is 0 Å². The number of rotatable bonds is 4. The summed E-state index contributed by atoms with van der Waals surface area (Å²) in [7, 11) is 0. The van der Waals surface area contributed by atoms with Crippen LogP contribution in [0.5, 0.6) is 0 Å². The average molecular weight is 445 g/mol. The minimum Gasteiger partial charge on any atom is -0.379 e. The van der Waals surface area contributed by atoms with Crippen molar-refractivity contribution in [2.24, 2.45) is 0 Å². The van der Waals surface area contributed by atoms with Crippen LogP contribution in [-0.2, 0) is 11.3 Å². The molecule has 0 unspecified atom stereocenters. The van der Waals surface area contributed by atoms with Crippen LogP contribution in [-0.4, -0.2) is 46.9 Å². The van der Waals surface area contributed by atoms with Crippen molar-refractivity contribution in [2.75, 3.05) is 37.4 Å². The van der Waals surface area contributed by atoms with Gasteiger partial charge >= 0.3 is 0 Å². The van der Waals surface area contributed by atoms with Crippen LogP contribution in [0.2, 0.25) is 0 Å². The summed E-state index contributed by atoms with van der Waals surface area (Å²) in [4.78, 5) is 15.6. The Balaban J connectivity index is 1.52. The molecule has 5 rings (SSSR count). The van der Waals surface area contributed by atoms with E-state index in [0.717, 1.165) is 77.3 Å². The second kappa shape index (κ2) is 8.42. The number of ether oxygens (including phenoxy) is 1. The van der Waals surface area contributed by atoms with Gasteiger partial charge < -0.3 is 10.1 Å². The van der Waals surface area contributed by atoms with Crippen molar-refractivity contribution in [1.29, 1.82) is 0 Å². The van der Waals surface area contributed by atoms with Crippen molar-refractivity contribution in [2.45, 2.75) is 37.8 Å². The van der Waals surface area contributed by atoms with Crippen molar-refractivity contribution in [1.82, 2.24) is 14.9 Å². The Morgan fingerprint density at radius 2 is 2.07 bits per heavy atom. The van der Waals surface area contributed by atoms with E-state index in [9.17, 15) is 4.39 Å². The second-order valence-electron chi connectivity index (χ2n) is 7.86. The fraction of sp³-hybridized carbons (Fsp3) is 0.455. The average Bonchev–Trinajstić information content (AvgIpc) is 3.03. The number of hydrogen-bond acceptors (Lipinski definition) is 7. The van der Waals surface area contributed by atoms with Crippen LogP contribution in [0, 0.1) is 19.7 Å². The van der Waals surface area contributed by atoms with Crippen LogP contribution in [0.1, 0.15) is 34.3 Å². The predicted octanol–water partition coefficient (Wildman–Crippen LogP) is 4.93. The summed E-state index contributed by atoms with van der Waals surface area (Å²) in [6.45, 7) is 8.30. The monoisotopic (exact) mass is 444 g/mol. The topological polar surface area (TPSA) is 50.3 Å². The van der Waals surface area contributed by atoms with E-state index in [1.165, 1.54) is 10.4 Å². The van der Waals surface area contributed by atoms with Crippen molar-refractivity contribution in [3.05, 3.63) is 45.8 Å². The molecule has 1 fully saturated rings. The number of nitrogens with one attached hydrogen (secondary N) is 1. The van der Waals surface area contributed by atoms with Crippen LogP contribution >= 0.6 is 23.1 Å². The van der Waals surface area contributed by atoms with Gasteiger partial charge in [-0.2, -0.15) is 0 Å². The molecule has 1 aromatic carbocycles. The number of anilines is 1. The lowest BCUT2D eigenvalue weighted by Crippen LogP contribution is -2.36. The first-order valence-electron chi connectivity index (χ1n) is 10.3. The Labute approximate surface area is 184 Å². The zero-order chi connectivity index (χ0) is 20.7. The molecule has 8 heteroatoms. The molecule has 2 aliphatic heterocycles. The van der Waals surface area contributed by atoms with Gasteiger partial charge in [0.05, 0.1) is 31.2 Å². The third-order valence-corrected chi connectivity index (χ3v) is 8.09. The molecule has 158 valence electrons. The molecule has 2 aromatic heterocycles. The second-order valence-corrected chi connectivity index (χ2v) is 10.2. The Morgan fingerprint density at radius 1 is 1.23 bits per heavy atom. The minimum atomic E-state index is -0.188. The molecule has 0 radical (unpaired) electrons. The number of fused-ring (bicyclic) bond motifs is 2. The quantitative estimate of drug-likeness (QED) is 0.616. The van der Waals surface area contributed by atoms with Crippen molar-refractivity contribution in [3.8, 4) is 0 Å². The number of halogens is 1. The summed E-state index contributed by atoms with van der Waals surface area (Å²) in [6, 6.07) is 5.15. The number of benzene rings is 1. The molecule has 1 N–H and O–H groups in total. The van der Waals surface area contributed by atoms with Gasteiger partial charge in [0.15, 0.2) is 0 Å². The number of hydrogen-bond donors (Lipinski definition) is 1. The molecule has 3 aromatic rings. The third kappa shape index (κ3) is 3.93. The van der Waals surface area contributed by atoms with E-state index >= 15 is 0 Å². The lowest BCUT2D eigenvalue weighted by Gasteiger charge is -2.28. The summed E-state index contributed by atoms with van der Waals surface area (Å²) < 4.78 is 19.4. The molecule has 0 amide bonds. The minimum absolute atomic E-state index is 0.0471. The first-order chi connectivity index (χ1) is 14.6. The van der Waals surface area contributed by atoms with Gasteiger partial charge in [-0.3, -0.25) is 4.90 Å². The van der Waals surface area contributed by atoms with Crippen molar-refractivity contribution < 1.29 is 9.13 Å². The number of aromatic nitrogens is 2. The van der Waals surface area contributed by atoms with E-state index in [4.69, 9.17) is 14.7 Å². The van der Waals surface area contributed by atoms with Crippen LogP contribution in [0.4, 0.5) is 10.2 Å². The van der Waals surface area contributed by atoms with E-state index in [2.05, 4.69) is 24.1 Å². The van der Waals surface area contributed by atoms with Crippen LogP contribution in [0.15, 0.2) is 23.1 Å².